The number of aryl methyl sites for hydroxylation is 1. The normalized spacial score (nSPS) is 23.6. The highest BCUT2D eigenvalue weighted by Gasteiger charge is 2.37. The van der Waals surface area contributed by atoms with Gasteiger partial charge in [-0.2, -0.15) is 0 Å². The molecule has 0 saturated carbocycles. The van der Waals surface area contributed by atoms with Gasteiger partial charge in [0, 0.05) is 5.92 Å². The van der Waals surface area contributed by atoms with Crippen LogP contribution in [0.3, 0.4) is 0 Å². The summed E-state index contributed by atoms with van der Waals surface area (Å²) in [7, 11) is 0. The van der Waals surface area contributed by atoms with Crippen LogP contribution in [0.2, 0.25) is 0 Å². The number of fused-ring (bicyclic) bond motifs is 1. The van der Waals surface area contributed by atoms with E-state index in [0.29, 0.717) is 5.92 Å². The van der Waals surface area contributed by atoms with E-state index in [1.807, 2.05) is 0 Å². The molecule has 0 aromatic heterocycles. The van der Waals surface area contributed by atoms with Gasteiger partial charge in [-0.15, -0.1) is 0 Å². The Morgan fingerprint density at radius 1 is 1.04 bits per heavy atom. The summed E-state index contributed by atoms with van der Waals surface area (Å²) in [5.41, 5.74) is 9.69. The lowest BCUT2D eigenvalue weighted by molar-refractivity contribution is 0.393. The Bertz CT molecular complexity index is 724. The molecule has 1 atom stereocenters. The van der Waals surface area contributed by atoms with Crippen LogP contribution in [0.4, 0.5) is 0 Å². The lowest BCUT2D eigenvalue weighted by Crippen LogP contribution is -2.22. The van der Waals surface area contributed by atoms with Gasteiger partial charge in [0.2, 0.25) is 0 Å². The second kappa shape index (κ2) is 5.51. The van der Waals surface area contributed by atoms with Crippen molar-refractivity contribution in [1.82, 2.24) is 0 Å². The zero-order chi connectivity index (χ0) is 16.0. The molecule has 0 heterocycles. The van der Waals surface area contributed by atoms with Crippen molar-refractivity contribution in [1.29, 1.82) is 0 Å². The maximum absolute atomic E-state index is 2.57. The number of rotatable bonds is 2. The smallest absolute Gasteiger partial charge is 0.0116 e. The third-order valence-corrected chi connectivity index (χ3v) is 6.38. The van der Waals surface area contributed by atoms with E-state index in [1.54, 1.807) is 16.7 Å². The Hall–Kier alpha value is -1.56. The largest absolute Gasteiger partial charge is 0.0755 e. The maximum atomic E-state index is 2.57. The minimum absolute atomic E-state index is 0.210. The average molecular weight is 304 g/mol. The molecule has 3 aliphatic carbocycles. The van der Waals surface area contributed by atoms with Crippen molar-refractivity contribution in [3.8, 4) is 0 Å². The van der Waals surface area contributed by atoms with Crippen LogP contribution in [-0.2, 0) is 0 Å². The van der Waals surface area contributed by atoms with Gasteiger partial charge in [-0.3, -0.25) is 0 Å². The molecule has 0 fully saturated rings. The van der Waals surface area contributed by atoms with Crippen molar-refractivity contribution < 1.29 is 0 Å². The van der Waals surface area contributed by atoms with E-state index in [4.69, 9.17) is 0 Å². The molecule has 0 saturated heterocycles. The Balaban J connectivity index is 1.65. The van der Waals surface area contributed by atoms with Gasteiger partial charge in [0.1, 0.15) is 0 Å². The van der Waals surface area contributed by atoms with Gasteiger partial charge in [0.05, 0.1) is 0 Å². The van der Waals surface area contributed by atoms with E-state index in [1.165, 1.54) is 55.2 Å². The molecule has 1 aromatic carbocycles. The Labute approximate surface area is 141 Å². The van der Waals surface area contributed by atoms with Crippen molar-refractivity contribution in [3.63, 3.8) is 0 Å². The first kappa shape index (κ1) is 15.0. The van der Waals surface area contributed by atoms with E-state index in [9.17, 15) is 0 Å². The topological polar surface area (TPSA) is 0 Å². The summed E-state index contributed by atoms with van der Waals surface area (Å²) in [6, 6.07) is 6.79. The van der Waals surface area contributed by atoms with Crippen LogP contribution in [-0.4, -0.2) is 0 Å². The molecule has 0 aliphatic heterocycles. The molecule has 0 amide bonds. The fraction of sp³-hybridized carbons (Fsp3) is 0.478. The van der Waals surface area contributed by atoms with Crippen LogP contribution in [0.15, 0.2) is 47.1 Å². The fourth-order valence-corrected chi connectivity index (χ4v) is 4.78. The summed E-state index contributed by atoms with van der Waals surface area (Å²) in [4.78, 5) is 0. The lowest BCUT2D eigenvalue weighted by atomic mass is 9.70. The Kier molecular flexibility index (Phi) is 3.59. The van der Waals surface area contributed by atoms with E-state index < -0.39 is 0 Å². The van der Waals surface area contributed by atoms with Gasteiger partial charge in [-0.25, -0.2) is 0 Å². The van der Waals surface area contributed by atoms with E-state index in [0.717, 1.165) is 0 Å². The Morgan fingerprint density at radius 3 is 2.74 bits per heavy atom. The highest BCUT2D eigenvalue weighted by atomic mass is 14.4. The molecule has 0 nitrogen and oxygen atoms in total. The highest BCUT2D eigenvalue weighted by Crippen LogP contribution is 2.52. The van der Waals surface area contributed by atoms with Gasteiger partial charge in [-0.1, -0.05) is 67.8 Å². The second-order valence-electron chi connectivity index (χ2n) is 8.17. The molecule has 3 aliphatic rings. The quantitative estimate of drug-likeness (QED) is 0.568. The van der Waals surface area contributed by atoms with Crippen molar-refractivity contribution in [2.24, 2.45) is 5.41 Å². The molecular weight excluding hydrogens is 276 g/mol. The number of hydrogen-bond donors (Lipinski definition) is 0. The summed E-state index contributed by atoms with van der Waals surface area (Å²) in [5, 5.41) is 0. The van der Waals surface area contributed by atoms with Gasteiger partial charge < -0.3 is 0 Å². The standard InChI is InChI=1S/C23H28/c1-16-8-7-11-21-20(16)12-13-22(21)23(2,3)19-14-17-9-5-4-6-10-18(17)15-19/h7-8,11-14,22H,4-6,9-10,15H2,1-3H3. The van der Waals surface area contributed by atoms with Crippen LogP contribution in [0.1, 0.15) is 75.0 Å². The molecule has 1 unspecified atom stereocenters. The van der Waals surface area contributed by atoms with E-state index in [-0.39, 0.29) is 5.41 Å². The average Bonchev–Trinajstić information content (AvgIpc) is 3.08. The predicted molar refractivity (Wildman–Crippen MR) is 99.5 cm³/mol. The van der Waals surface area contributed by atoms with Crippen molar-refractivity contribution >= 4 is 6.08 Å². The van der Waals surface area contributed by atoms with Gasteiger partial charge in [0.25, 0.3) is 0 Å². The molecule has 0 N–H and O–H groups in total. The molecule has 120 valence electrons. The van der Waals surface area contributed by atoms with E-state index in [2.05, 4.69) is 57.2 Å². The SMILES string of the molecule is Cc1cccc2c1C=CC2C(C)(C)C1=CC2=C(CCCCC2)C1. The van der Waals surface area contributed by atoms with E-state index >= 15 is 0 Å². The predicted octanol–water partition coefficient (Wildman–Crippen LogP) is 6.72. The molecular formula is C23H28. The van der Waals surface area contributed by atoms with Crippen molar-refractivity contribution in [3.05, 3.63) is 63.8 Å². The molecule has 0 bridgehead atoms. The summed E-state index contributed by atoms with van der Waals surface area (Å²) in [6.45, 7) is 7.15. The van der Waals surface area contributed by atoms with Crippen molar-refractivity contribution in [2.45, 2.75) is 65.2 Å². The number of benzene rings is 1. The second-order valence-corrected chi connectivity index (χ2v) is 8.17. The van der Waals surface area contributed by atoms with Crippen LogP contribution in [0.25, 0.3) is 6.08 Å². The first-order valence-corrected chi connectivity index (χ1v) is 9.27. The van der Waals surface area contributed by atoms with Crippen molar-refractivity contribution in [2.75, 3.05) is 0 Å². The van der Waals surface area contributed by atoms with Crippen LogP contribution < -0.4 is 0 Å². The number of hydrogen-bond acceptors (Lipinski definition) is 0. The third kappa shape index (κ3) is 2.43. The van der Waals surface area contributed by atoms with Crippen LogP contribution >= 0.6 is 0 Å². The summed E-state index contributed by atoms with van der Waals surface area (Å²) in [5.74, 6) is 0.521. The van der Waals surface area contributed by atoms with Crippen LogP contribution in [0, 0.1) is 12.3 Å². The maximum Gasteiger partial charge on any atom is 0.0116 e. The van der Waals surface area contributed by atoms with Gasteiger partial charge in [-0.05, 0) is 66.7 Å². The first-order valence-electron chi connectivity index (χ1n) is 9.27. The number of allylic oxidation sites excluding steroid dienone is 5. The molecule has 0 spiro atoms. The zero-order valence-corrected chi connectivity index (χ0v) is 14.8. The monoisotopic (exact) mass is 304 g/mol. The Morgan fingerprint density at radius 2 is 1.87 bits per heavy atom. The molecule has 1 aromatic rings. The molecule has 0 radical (unpaired) electrons. The molecule has 23 heavy (non-hydrogen) atoms. The minimum atomic E-state index is 0.210. The summed E-state index contributed by atoms with van der Waals surface area (Å²) in [6.07, 6.45) is 15.4. The molecule has 4 rings (SSSR count). The highest BCUT2D eigenvalue weighted by molar-refractivity contribution is 5.66. The zero-order valence-electron chi connectivity index (χ0n) is 14.8. The summed E-state index contributed by atoms with van der Waals surface area (Å²) >= 11 is 0. The third-order valence-electron chi connectivity index (χ3n) is 6.38. The molecule has 0 heteroatoms. The van der Waals surface area contributed by atoms with Crippen LogP contribution in [0.5, 0.6) is 0 Å². The van der Waals surface area contributed by atoms with Gasteiger partial charge in [0.15, 0.2) is 0 Å². The fourth-order valence-electron chi connectivity index (χ4n) is 4.78. The first-order chi connectivity index (χ1) is 11.1. The summed E-state index contributed by atoms with van der Waals surface area (Å²) < 4.78 is 0. The minimum Gasteiger partial charge on any atom is -0.0755 e. The lowest BCUT2D eigenvalue weighted by Gasteiger charge is -2.34. The van der Waals surface area contributed by atoms with Gasteiger partial charge >= 0.3 is 0 Å².